The van der Waals surface area contributed by atoms with Crippen molar-refractivity contribution in [2.24, 2.45) is 5.92 Å². The number of aryl methyl sites for hydroxylation is 1. The van der Waals surface area contributed by atoms with Crippen molar-refractivity contribution in [3.63, 3.8) is 0 Å². The molecule has 0 saturated carbocycles. The lowest BCUT2D eigenvalue weighted by atomic mass is 10.1. The molecule has 1 aromatic carbocycles. The molecule has 0 aliphatic rings. The highest BCUT2D eigenvalue weighted by atomic mass is 16.5. The minimum Gasteiger partial charge on any atom is -0.462 e. The number of hydrogen-bond acceptors (Lipinski definition) is 8. The number of ether oxygens (including phenoxy) is 3. The van der Waals surface area contributed by atoms with E-state index in [4.69, 9.17) is 14.2 Å². The molecule has 0 spiro atoms. The minimum atomic E-state index is -0.952. The Balaban J connectivity index is 2.14. The van der Waals surface area contributed by atoms with Gasteiger partial charge in [0.15, 0.2) is 6.61 Å². The van der Waals surface area contributed by atoms with Gasteiger partial charge in [0.1, 0.15) is 11.6 Å². The number of carbonyl (C=O) groups excluding carboxylic acids is 4. The van der Waals surface area contributed by atoms with Gasteiger partial charge in [-0.2, -0.15) is 5.26 Å². The van der Waals surface area contributed by atoms with Crippen LogP contribution in [0, 0.1) is 31.1 Å². The molecule has 0 saturated heterocycles. The summed E-state index contributed by atoms with van der Waals surface area (Å²) in [7, 11) is 0. The average molecular weight is 538 g/mol. The van der Waals surface area contributed by atoms with Crippen LogP contribution in [0.25, 0.3) is 6.08 Å². The molecule has 1 N–H and O–H groups in total. The van der Waals surface area contributed by atoms with Crippen molar-refractivity contribution in [1.82, 2.24) is 4.57 Å². The second-order valence-electron chi connectivity index (χ2n) is 9.19. The summed E-state index contributed by atoms with van der Waals surface area (Å²) >= 11 is 0. The summed E-state index contributed by atoms with van der Waals surface area (Å²) in [6.45, 7) is 11.8. The van der Waals surface area contributed by atoms with Gasteiger partial charge in [-0.15, -0.1) is 0 Å². The van der Waals surface area contributed by atoms with Gasteiger partial charge in [-0.05, 0) is 75.9 Å². The van der Waals surface area contributed by atoms with Gasteiger partial charge in [0.25, 0.3) is 5.91 Å². The van der Waals surface area contributed by atoms with E-state index in [2.05, 4.69) is 23.7 Å². The van der Waals surface area contributed by atoms with Crippen molar-refractivity contribution in [2.75, 3.05) is 25.1 Å². The summed E-state index contributed by atoms with van der Waals surface area (Å²) < 4.78 is 17.1. The monoisotopic (exact) mass is 537 g/mol. The van der Waals surface area contributed by atoms with Crippen LogP contribution in [-0.2, 0) is 30.3 Å². The van der Waals surface area contributed by atoms with E-state index in [1.807, 2.05) is 26.0 Å². The number of nitrogens with one attached hydrogen (secondary N) is 1. The SMILES string of the molecule is CCOC(=O)c1cc(NC(=O)COC(=O)C(C#N)=Cc2cc(C)n(CCC(C)C)c2C)cc(C(=O)OCC)c1. The second-order valence-corrected chi connectivity index (χ2v) is 9.19. The predicted octanol–water partition coefficient (Wildman–Crippen LogP) is 4.59. The zero-order valence-corrected chi connectivity index (χ0v) is 23.3. The molecule has 0 unspecified atom stereocenters. The van der Waals surface area contributed by atoms with E-state index in [0.29, 0.717) is 5.92 Å². The molecule has 10 heteroatoms. The van der Waals surface area contributed by atoms with Gasteiger partial charge in [0, 0.05) is 23.6 Å². The molecule has 1 aromatic heterocycles. The topological polar surface area (TPSA) is 137 Å². The van der Waals surface area contributed by atoms with Crippen LogP contribution in [0.2, 0.25) is 0 Å². The van der Waals surface area contributed by atoms with Crippen LogP contribution in [0.15, 0.2) is 29.8 Å². The molecule has 2 rings (SSSR count). The number of rotatable bonds is 12. The van der Waals surface area contributed by atoms with E-state index < -0.39 is 30.4 Å². The summed E-state index contributed by atoms with van der Waals surface area (Å²) in [5.74, 6) is -2.52. The number of amides is 1. The maximum absolute atomic E-state index is 12.6. The molecular weight excluding hydrogens is 502 g/mol. The second kappa shape index (κ2) is 14.5. The van der Waals surface area contributed by atoms with Gasteiger partial charge >= 0.3 is 17.9 Å². The number of carbonyl (C=O) groups is 4. The largest absolute Gasteiger partial charge is 0.462 e. The third-order valence-electron chi connectivity index (χ3n) is 5.76. The normalized spacial score (nSPS) is 11.1. The van der Waals surface area contributed by atoms with E-state index in [1.165, 1.54) is 24.3 Å². The summed E-state index contributed by atoms with van der Waals surface area (Å²) in [4.78, 5) is 49.5. The highest BCUT2D eigenvalue weighted by Gasteiger charge is 2.18. The Kier molecular flexibility index (Phi) is 11.5. The molecule has 10 nitrogen and oxygen atoms in total. The summed E-state index contributed by atoms with van der Waals surface area (Å²) in [5, 5.41) is 12.0. The maximum atomic E-state index is 12.6. The number of nitrogens with zero attached hydrogens (tertiary/aromatic N) is 2. The molecule has 0 aliphatic heterocycles. The zero-order chi connectivity index (χ0) is 29.1. The Morgan fingerprint density at radius 1 is 0.974 bits per heavy atom. The van der Waals surface area contributed by atoms with Gasteiger partial charge in [0.2, 0.25) is 0 Å². The number of hydrogen-bond donors (Lipinski definition) is 1. The van der Waals surface area contributed by atoms with Gasteiger partial charge in [0.05, 0.1) is 24.3 Å². The Morgan fingerprint density at radius 2 is 1.56 bits per heavy atom. The van der Waals surface area contributed by atoms with Gasteiger partial charge in [-0.3, -0.25) is 4.79 Å². The van der Waals surface area contributed by atoms with Crippen LogP contribution in [0.5, 0.6) is 0 Å². The fraction of sp³-hybridized carbons (Fsp3) is 0.414. The summed E-state index contributed by atoms with van der Waals surface area (Å²) in [5.41, 5.74) is 2.58. The highest BCUT2D eigenvalue weighted by molar-refractivity contribution is 6.02. The third kappa shape index (κ3) is 8.85. The lowest BCUT2D eigenvalue weighted by Gasteiger charge is -2.11. The van der Waals surface area contributed by atoms with Crippen LogP contribution >= 0.6 is 0 Å². The Bertz CT molecular complexity index is 1260. The van der Waals surface area contributed by atoms with Crippen molar-refractivity contribution < 1.29 is 33.4 Å². The van der Waals surface area contributed by atoms with Crippen LogP contribution in [0.4, 0.5) is 5.69 Å². The molecule has 0 atom stereocenters. The first-order chi connectivity index (χ1) is 18.5. The van der Waals surface area contributed by atoms with Gasteiger partial charge in [-0.1, -0.05) is 13.8 Å². The lowest BCUT2D eigenvalue weighted by molar-refractivity contribution is -0.142. The molecule has 0 radical (unpaired) electrons. The number of esters is 3. The molecule has 208 valence electrons. The number of nitriles is 1. The Hall–Kier alpha value is -4.39. The molecular formula is C29H35N3O7. The molecule has 1 amide bonds. The van der Waals surface area contributed by atoms with Crippen molar-refractivity contribution in [3.05, 3.63) is 57.9 Å². The number of anilines is 1. The van der Waals surface area contributed by atoms with Crippen molar-refractivity contribution in [3.8, 4) is 6.07 Å². The first kappa shape index (κ1) is 30.8. The van der Waals surface area contributed by atoms with E-state index in [-0.39, 0.29) is 35.6 Å². The smallest absolute Gasteiger partial charge is 0.349 e. The van der Waals surface area contributed by atoms with E-state index in [0.717, 1.165) is 29.9 Å². The van der Waals surface area contributed by atoms with Crippen LogP contribution < -0.4 is 5.32 Å². The van der Waals surface area contributed by atoms with Gasteiger partial charge in [-0.25, -0.2) is 14.4 Å². The predicted molar refractivity (Wildman–Crippen MR) is 145 cm³/mol. The molecule has 39 heavy (non-hydrogen) atoms. The van der Waals surface area contributed by atoms with Crippen molar-refractivity contribution >= 4 is 35.6 Å². The quantitative estimate of drug-likeness (QED) is 0.180. The van der Waals surface area contributed by atoms with Crippen LogP contribution in [0.1, 0.15) is 71.8 Å². The zero-order valence-electron chi connectivity index (χ0n) is 23.3. The first-order valence-corrected chi connectivity index (χ1v) is 12.7. The van der Waals surface area contributed by atoms with Gasteiger partial charge < -0.3 is 24.1 Å². The molecule has 0 aliphatic carbocycles. The van der Waals surface area contributed by atoms with E-state index >= 15 is 0 Å². The van der Waals surface area contributed by atoms with E-state index in [9.17, 15) is 24.4 Å². The fourth-order valence-electron chi connectivity index (χ4n) is 3.77. The van der Waals surface area contributed by atoms with Crippen molar-refractivity contribution in [1.29, 1.82) is 5.26 Å². The molecule has 0 bridgehead atoms. The first-order valence-electron chi connectivity index (χ1n) is 12.7. The molecule has 1 heterocycles. The Labute approximate surface area is 228 Å². The highest BCUT2D eigenvalue weighted by Crippen LogP contribution is 2.21. The van der Waals surface area contributed by atoms with E-state index in [1.54, 1.807) is 13.8 Å². The fourth-order valence-corrected chi connectivity index (χ4v) is 3.77. The van der Waals surface area contributed by atoms with Crippen molar-refractivity contribution in [2.45, 2.75) is 54.5 Å². The van der Waals surface area contributed by atoms with Crippen LogP contribution in [-0.4, -0.2) is 48.2 Å². The maximum Gasteiger partial charge on any atom is 0.349 e. The standard InChI is InChI=1S/C29H35N3O7/c1-7-37-27(34)22-13-23(28(35)38-8-2)15-25(14-22)31-26(33)17-39-29(36)24(16-30)12-21-11-19(5)32(20(21)6)10-9-18(3)4/h11-15,18H,7-10,17H2,1-6H3,(H,31,33). The lowest BCUT2D eigenvalue weighted by Crippen LogP contribution is -2.22. The number of aromatic nitrogens is 1. The molecule has 2 aromatic rings. The third-order valence-corrected chi connectivity index (χ3v) is 5.76. The van der Waals surface area contributed by atoms with Crippen LogP contribution in [0.3, 0.4) is 0 Å². The molecule has 0 fully saturated rings. The summed E-state index contributed by atoms with van der Waals surface area (Å²) in [6, 6.07) is 7.69. The average Bonchev–Trinajstić information content (AvgIpc) is 3.16. The number of benzene rings is 1. The summed E-state index contributed by atoms with van der Waals surface area (Å²) in [6.07, 6.45) is 2.44. The minimum absolute atomic E-state index is 0.0374. The Morgan fingerprint density at radius 3 is 2.08 bits per heavy atom.